The molecule has 2 heterocycles. The normalized spacial score (nSPS) is 15.0. The molecule has 1 atom stereocenters. The van der Waals surface area contributed by atoms with Crippen LogP contribution in [-0.2, 0) is 0 Å². The third-order valence-corrected chi connectivity index (χ3v) is 3.69. The van der Waals surface area contributed by atoms with Gasteiger partial charge in [-0.1, -0.05) is 12.1 Å². The van der Waals surface area contributed by atoms with E-state index >= 15 is 0 Å². The minimum absolute atomic E-state index is 0.384. The van der Waals surface area contributed by atoms with Gasteiger partial charge in [0.05, 0.1) is 11.4 Å². The number of rotatable bonds is 2. The number of hydrogen-bond acceptors (Lipinski definition) is 5. The zero-order valence-corrected chi connectivity index (χ0v) is 12.0. The topological polar surface area (TPSA) is 89.6 Å². The van der Waals surface area contributed by atoms with Crippen molar-refractivity contribution < 1.29 is 0 Å². The molecule has 0 fully saturated rings. The van der Waals surface area contributed by atoms with E-state index in [1.807, 2.05) is 25.1 Å². The Balaban J connectivity index is 2.17. The Hall–Kier alpha value is -2.53. The summed E-state index contributed by atoms with van der Waals surface area (Å²) in [5.41, 5.74) is 16.4. The van der Waals surface area contributed by atoms with Crippen molar-refractivity contribution in [1.29, 1.82) is 0 Å². The van der Waals surface area contributed by atoms with Crippen LogP contribution in [0.4, 0.5) is 5.69 Å². The molecule has 1 aromatic heterocycles. The van der Waals surface area contributed by atoms with Gasteiger partial charge in [0.25, 0.3) is 0 Å². The zero-order chi connectivity index (χ0) is 15.0. The van der Waals surface area contributed by atoms with Crippen LogP contribution in [0.5, 0.6) is 0 Å². The van der Waals surface area contributed by atoms with E-state index in [1.165, 1.54) is 5.22 Å². The first kappa shape index (κ1) is 13.5. The molecule has 0 spiro atoms. The van der Waals surface area contributed by atoms with Gasteiger partial charge in [-0.3, -0.25) is 9.98 Å². The van der Waals surface area contributed by atoms with Crippen molar-refractivity contribution in [2.45, 2.75) is 13.0 Å². The molecule has 106 valence electrons. The van der Waals surface area contributed by atoms with Crippen LogP contribution >= 0.6 is 0 Å². The molecule has 5 heteroatoms. The fourth-order valence-electron chi connectivity index (χ4n) is 2.54. The Kier molecular flexibility index (Phi) is 3.27. The SMILES string of the molecule is CN=c1ncccc(N)c1C(N)c1ccc2c(c1)=NC=2C. The fraction of sp³-hybridized carbons (Fsp3) is 0.188. The van der Waals surface area contributed by atoms with Crippen molar-refractivity contribution in [1.82, 2.24) is 4.98 Å². The zero-order valence-electron chi connectivity index (χ0n) is 12.0. The minimum atomic E-state index is -0.384. The van der Waals surface area contributed by atoms with Crippen LogP contribution in [0.1, 0.15) is 24.1 Å². The largest absolute Gasteiger partial charge is 0.398 e. The van der Waals surface area contributed by atoms with Crippen molar-refractivity contribution in [3.8, 4) is 0 Å². The third-order valence-electron chi connectivity index (χ3n) is 3.69. The van der Waals surface area contributed by atoms with Crippen LogP contribution in [0.2, 0.25) is 0 Å². The average Bonchev–Trinajstić information content (AvgIpc) is 2.66. The number of aromatic nitrogens is 1. The summed E-state index contributed by atoms with van der Waals surface area (Å²) in [6.07, 6.45) is 1.67. The summed E-state index contributed by atoms with van der Waals surface area (Å²) in [5, 5.41) is 2.15. The second-order valence-corrected chi connectivity index (χ2v) is 5.00. The first-order valence-electron chi connectivity index (χ1n) is 6.74. The minimum Gasteiger partial charge on any atom is -0.398 e. The highest BCUT2D eigenvalue weighted by Crippen LogP contribution is 2.19. The number of fused-ring (bicyclic) bond motifs is 1. The lowest BCUT2D eigenvalue weighted by molar-refractivity contribution is 0.841. The van der Waals surface area contributed by atoms with E-state index in [4.69, 9.17) is 11.5 Å². The molecule has 21 heavy (non-hydrogen) atoms. The molecular weight excluding hydrogens is 262 g/mol. The van der Waals surface area contributed by atoms with Gasteiger partial charge >= 0.3 is 0 Å². The van der Waals surface area contributed by atoms with Crippen LogP contribution in [0.3, 0.4) is 0 Å². The lowest BCUT2D eigenvalue weighted by Gasteiger charge is -2.15. The Morgan fingerprint density at radius 1 is 1.24 bits per heavy atom. The molecule has 0 saturated carbocycles. The van der Waals surface area contributed by atoms with Gasteiger partial charge in [-0.2, -0.15) is 0 Å². The second kappa shape index (κ2) is 5.10. The molecule has 1 aliphatic heterocycles. The maximum absolute atomic E-state index is 6.40. The van der Waals surface area contributed by atoms with Crippen molar-refractivity contribution in [3.05, 3.63) is 63.7 Å². The van der Waals surface area contributed by atoms with E-state index in [0.29, 0.717) is 11.2 Å². The number of benzene rings is 1. The molecule has 1 aromatic carbocycles. The molecule has 0 amide bonds. The summed E-state index contributed by atoms with van der Waals surface area (Å²) < 4.78 is 0. The molecule has 1 unspecified atom stereocenters. The highest BCUT2D eigenvalue weighted by Gasteiger charge is 2.16. The molecule has 0 radical (unpaired) electrons. The maximum Gasteiger partial charge on any atom is 0.154 e. The first-order chi connectivity index (χ1) is 10.1. The van der Waals surface area contributed by atoms with Gasteiger partial charge in [0, 0.05) is 35.4 Å². The van der Waals surface area contributed by atoms with Crippen LogP contribution in [0.25, 0.3) is 5.70 Å². The number of anilines is 1. The van der Waals surface area contributed by atoms with Crippen molar-refractivity contribution in [2.24, 2.45) is 15.7 Å². The molecule has 0 bridgehead atoms. The van der Waals surface area contributed by atoms with E-state index in [2.05, 4.69) is 15.0 Å². The Morgan fingerprint density at radius 2 is 2.05 bits per heavy atom. The van der Waals surface area contributed by atoms with Crippen LogP contribution in [-0.4, -0.2) is 12.0 Å². The van der Waals surface area contributed by atoms with Crippen molar-refractivity contribution in [3.63, 3.8) is 0 Å². The highest BCUT2D eigenvalue weighted by molar-refractivity contribution is 5.51. The van der Waals surface area contributed by atoms with E-state index < -0.39 is 0 Å². The van der Waals surface area contributed by atoms with Crippen LogP contribution in [0.15, 0.2) is 46.5 Å². The van der Waals surface area contributed by atoms with Gasteiger partial charge in [-0.15, -0.1) is 0 Å². The predicted octanol–water partition coefficient (Wildman–Crippen LogP) is 0.00370. The summed E-state index contributed by atoms with van der Waals surface area (Å²) in [4.78, 5) is 12.9. The summed E-state index contributed by atoms with van der Waals surface area (Å²) in [5.74, 6) is 0. The van der Waals surface area contributed by atoms with Crippen molar-refractivity contribution in [2.75, 3.05) is 12.8 Å². The Morgan fingerprint density at radius 3 is 2.71 bits per heavy atom. The Labute approximate surface area is 122 Å². The molecule has 2 aromatic rings. The van der Waals surface area contributed by atoms with E-state index in [1.54, 1.807) is 25.4 Å². The summed E-state index contributed by atoms with van der Waals surface area (Å²) in [6.45, 7) is 2.00. The number of nitrogens with two attached hydrogens (primary N) is 2. The third kappa shape index (κ3) is 2.21. The average molecular weight is 279 g/mol. The lowest BCUT2D eigenvalue weighted by Crippen LogP contribution is -2.35. The van der Waals surface area contributed by atoms with E-state index in [-0.39, 0.29) is 6.04 Å². The van der Waals surface area contributed by atoms with Gasteiger partial charge in [-0.05, 0) is 30.7 Å². The number of nitrogens with zero attached hydrogens (tertiary/aromatic N) is 3. The quantitative estimate of drug-likeness (QED) is 0.811. The molecule has 3 rings (SSSR count). The predicted molar refractivity (Wildman–Crippen MR) is 82.5 cm³/mol. The van der Waals surface area contributed by atoms with E-state index in [0.717, 1.165) is 22.2 Å². The summed E-state index contributed by atoms with van der Waals surface area (Å²) >= 11 is 0. The monoisotopic (exact) mass is 279 g/mol. The highest BCUT2D eigenvalue weighted by atomic mass is 14.8. The summed E-state index contributed by atoms with van der Waals surface area (Å²) in [6, 6.07) is 9.24. The van der Waals surface area contributed by atoms with Crippen LogP contribution < -0.4 is 27.5 Å². The van der Waals surface area contributed by atoms with Crippen molar-refractivity contribution >= 4 is 11.4 Å². The van der Waals surface area contributed by atoms with E-state index in [9.17, 15) is 0 Å². The van der Waals surface area contributed by atoms with Gasteiger partial charge in [0.15, 0.2) is 5.49 Å². The molecule has 0 saturated heterocycles. The number of hydrogen-bond donors (Lipinski definition) is 2. The molecular formula is C16H17N5. The molecule has 1 aliphatic rings. The molecule has 0 aliphatic carbocycles. The lowest BCUT2D eigenvalue weighted by atomic mass is 9.98. The molecule has 4 N–H and O–H groups in total. The second-order valence-electron chi connectivity index (χ2n) is 5.00. The van der Waals surface area contributed by atoms with Crippen LogP contribution in [0, 0.1) is 0 Å². The molecule has 5 nitrogen and oxygen atoms in total. The van der Waals surface area contributed by atoms with Gasteiger partial charge in [0.1, 0.15) is 0 Å². The fourth-order valence-corrected chi connectivity index (χ4v) is 2.54. The summed E-state index contributed by atoms with van der Waals surface area (Å²) in [7, 11) is 1.68. The smallest absolute Gasteiger partial charge is 0.154 e. The first-order valence-corrected chi connectivity index (χ1v) is 6.74. The van der Waals surface area contributed by atoms with Gasteiger partial charge in [0.2, 0.25) is 0 Å². The van der Waals surface area contributed by atoms with Gasteiger partial charge < -0.3 is 11.5 Å². The number of nitrogen functional groups attached to an aromatic ring is 1. The standard InChI is InChI=1S/C16H17N5/c1-9-11-6-5-10(8-13(11)21-9)15(18)14-12(17)4-3-7-20-16(14)19-2/h3-8,15H,17-18H2,1-2H3. The maximum atomic E-state index is 6.40. The Bertz CT molecular complexity index is 899. The van der Waals surface area contributed by atoms with Gasteiger partial charge in [-0.25, -0.2) is 4.98 Å².